The molecule has 1 rings (SSSR count). The second kappa shape index (κ2) is 7.60. The molecule has 0 aliphatic heterocycles. The van der Waals surface area contributed by atoms with Gasteiger partial charge < -0.3 is 14.4 Å². The van der Waals surface area contributed by atoms with E-state index in [1.165, 1.54) is 0 Å². The zero-order valence-electron chi connectivity index (χ0n) is 11.9. The Kier molecular flexibility index (Phi) is 6.11. The van der Waals surface area contributed by atoms with Gasteiger partial charge in [0.2, 0.25) is 5.96 Å². The van der Waals surface area contributed by atoms with E-state index < -0.39 is 0 Å². The van der Waals surface area contributed by atoms with Crippen molar-refractivity contribution < 1.29 is 9.47 Å². The number of aliphatic imine (C=N–C) groups is 1. The van der Waals surface area contributed by atoms with Gasteiger partial charge in [0.1, 0.15) is 5.75 Å². The summed E-state index contributed by atoms with van der Waals surface area (Å²) in [6.07, 6.45) is 0. The van der Waals surface area contributed by atoms with E-state index >= 15 is 0 Å². The van der Waals surface area contributed by atoms with E-state index in [4.69, 9.17) is 15.3 Å². The summed E-state index contributed by atoms with van der Waals surface area (Å²) in [6, 6.07) is 7.68. The minimum Gasteiger partial charge on any atom is -0.497 e. The van der Waals surface area contributed by atoms with Gasteiger partial charge in [-0.15, -0.1) is 0 Å². The van der Waals surface area contributed by atoms with E-state index in [-0.39, 0.29) is 6.04 Å². The van der Waals surface area contributed by atoms with Crippen molar-refractivity contribution in [3.05, 3.63) is 24.3 Å². The van der Waals surface area contributed by atoms with Crippen molar-refractivity contribution in [1.82, 2.24) is 5.43 Å². The van der Waals surface area contributed by atoms with Crippen LogP contribution in [0.5, 0.6) is 5.75 Å². The number of benzene rings is 1. The molecule has 0 fully saturated rings. The average molecular weight is 266 g/mol. The highest BCUT2D eigenvalue weighted by Gasteiger charge is 2.10. The lowest BCUT2D eigenvalue weighted by Gasteiger charge is -2.22. The van der Waals surface area contributed by atoms with Crippen molar-refractivity contribution in [2.45, 2.75) is 13.0 Å². The molecule has 0 saturated heterocycles. The maximum absolute atomic E-state index is 5.53. The van der Waals surface area contributed by atoms with Crippen LogP contribution in [0.3, 0.4) is 0 Å². The van der Waals surface area contributed by atoms with Crippen molar-refractivity contribution in [3.8, 4) is 5.75 Å². The van der Waals surface area contributed by atoms with E-state index in [0.29, 0.717) is 12.6 Å². The number of anilines is 1. The summed E-state index contributed by atoms with van der Waals surface area (Å²) in [5.41, 5.74) is 3.54. The van der Waals surface area contributed by atoms with Crippen LogP contribution < -0.4 is 20.9 Å². The van der Waals surface area contributed by atoms with Gasteiger partial charge >= 0.3 is 0 Å². The molecule has 6 nitrogen and oxygen atoms in total. The highest BCUT2D eigenvalue weighted by molar-refractivity contribution is 5.95. The molecule has 1 unspecified atom stereocenters. The van der Waals surface area contributed by atoms with Crippen LogP contribution in [0.1, 0.15) is 6.92 Å². The zero-order chi connectivity index (χ0) is 14.3. The van der Waals surface area contributed by atoms with Crippen LogP contribution in [-0.4, -0.2) is 39.9 Å². The summed E-state index contributed by atoms with van der Waals surface area (Å²) in [7, 11) is 5.16. The number of nitrogens with zero attached hydrogens (tertiary/aromatic N) is 2. The first kappa shape index (κ1) is 15.3. The third kappa shape index (κ3) is 4.42. The van der Waals surface area contributed by atoms with Gasteiger partial charge in [-0.1, -0.05) is 6.07 Å². The number of nitrogens with one attached hydrogen (secondary N) is 1. The molecule has 106 valence electrons. The van der Waals surface area contributed by atoms with Crippen LogP contribution in [-0.2, 0) is 4.74 Å². The Morgan fingerprint density at radius 3 is 2.79 bits per heavy atom. The predicted octanol–water partition coefficient (Wildman–Crippen LogP) is 0.986. The molecule has 0 amide bonds. The summed E-state index contributed by atoms with van der Waals surface area (Å²) in [6.45, 7) is 2.50. The Morgan fingerprint density at radius 1 is 1.47 bits per heavy atom. The number of hydrogen-bond donors (Lipinski definition) is 2. The number of hydrogen-bond acceptors (Lipinski definition) is 4. The molecule has 0 aromatic heterocycles. The van der Waals surface area contributed by atoms with Crippen molar-refractivity contribution in [2.75, 3.05) is 32.8 Å². The molecule has 0 saturated carbocycles. The van der Waals surface area contributed by atoms with Crippen molar-refractivity contribution in [2.24, 2.45) is 10.8 Å². The Bertz CT molecular complexity index is 423. The van der Waals surface area contributed by atoms with Crippen LogP contribution in [0.2, 0.25) is 0 Å². The van der Waals surface area contributed by atoms with Gasteiger partial charge in [-0.3, -0.25) is 5.43 Å². The fourth-order valence-electron chi connectivity index (χ4n) is 1.65. The van der Waals surface area contributed by atoms with Crippen LogP contribution in [0.25, 0.3) is 0 Å². The first-order chi connectivity index (χ1) is 9.12. The van der Waals surface area contributed by atoms with Crippen molar-refractivity contribution in [3.63, 3.8) is 0 Å². The van der Waals surface area contributed by atoms with Gasteiger partial charge in [0, 0.05) is 25.9 Å². The van der Waals surface area contributed by atoms with Crippen LogP contribution in [0.4, 0.5) is 5.69 Å². The van der Waals surface area contributed by atoms with Crippen LogP contribution >= 0.6 is 0 Å². The third-order valence-electron chi connectivity index (χ3n) is 2.64. The molecule has 1 atom stereocenters. The molecular weight excluding hydrogens is 244 g/mol. The SMILES string of the molecule is COCC(C)N=C(NN)N(C)c1cccc(OC)c1. The molecule has 19 heavy (non-hydrogen) atoms. The Balaban J connectivity index is 2.91. The van der Waals surface area contributed by atoms with Gasteiger partial charge in [0.05, 0.1) is 19.8 Å². The molecule has 1 aromatic rings. The number of ether oxygens (including phenoxy) is 2. The lowest BCUT2D eigenvalue weighted by molar-refractivity contribution is 0.185. The summed E-state index contributed by atoms with van der Waals surface area (Å²) < 4.78 is 10.3. The molecular formula is C13H22N4O2. The first-order valence-corrected chi connectivity index (χ1v) is 6.03. The van der Waals surface area contributed by atoms with E-state index in [9.17, 15) is 0 Å². The van der Waals surface area contributed by atoms with Crippen LogP contribution in [0, 0.1) is 0 Å². The minimum atomic E-state index is 0.0177. The summed E-state index contributed by atoms with van der Waals surface area (Å²) in [5.74, 6) is 6.88. The number of rotatable bonds is 5. The Morgan fingerprint density at radius 2 is 2.21 bits per heavy atom. The lowest BCUT2D eigenvalue weighted by Crippen LogP contribution is -2.43. The highest BCUT2D eigenvalue weighted by atomic mass is 16.5. The summed E-state index contributed by atoms with van der Waals surface area (Å²) >= 11 is 0. The number of guanidine groups is 1. The lowest BCUT2D eigenvalue weighted by atomic mass is 10.3. The molecule has 1 aromatic carbocycles. The second-order valence-corrected chi connectivity index (χ2v) is 4.16. The molecule has 0 radical (unpaired) electrons. The molecule has 6 heteroatoms. The fourth-order valence-corrected chi connectivity index (χ4v) is 1.65. The van der Waals surface area contributed by atoms with Gasteiger partial charge in [-0.2, -0.15) is 0 Å². The van der Waals surface area contributed by atoms with E-state index in [0.717, 1.165) is 11.4 Å². The number of methoxy groups -OCH3 is 2. The van der Waals surface area contributed by atoms with Gasteiger partial charge in [-0.05, 0) is 19.1 Å². The van der Waals surface area contributed by atoms with Gasteiger partial charge in [0.25, 0.3) is 0 Å². The number of hydrazine groups is 1. The predicted molar refractivity (Wildman–Crippen MR) is 77.5 cm³/mol. The zero-order valence-corrected chi connectivity index (χ0v) is 11.9. The first-order valence-electron chi connectivity index (χ1n) is 6.03. The molecule has 0 heterocycles. The van der Waals surface area contributed by atoms with E-state index in [1.54, 1.807) is 14.2 Å². The largest absolute Gasteiger partial charge is 0.497 e. The topological polar surface area (TPSA) is 72.1 Å². The highest BCUT2D eigenvalue weighted by Crippen LogP contribution is 2.19. The van der Waals surface area contributed by atoms with Gasteiger partial charge in [0.15, 0.2) is 0 Å². The Labute approximate surface area is 114 Å². The van der Waals surface area contributed by atoms with E-state index in [1.807, 2.05) is 43.1 Å². The molecule has 0 aliphatic carbocycles. The Hall–Kier alpha value is -1.79. The smallest absolute Gasteiger partial charge is 0.213 e. The molecule has 3 N–H and O–H groups in total. The third-order valence-corrected chi connectivity index (χ3v) is 2.64. The average Bonchev–Trinajstić information content (AvgIpc) is 2.44. The second-order valence-electron chi connectivity index (χ2n) is 4.16. The molecule has 0 bridgehead atoms. The van der Waals surface area contributed by atoms with Crippen LogP contribution in [0.15, 0.2) is 29.3 Å². The monoisotopic (exact) mass is 266 g/mol. The molecule has 0 spiro atoms. The van der Waals surface area contributed by atoms with E-state index in [2.05, 4.69) is 10.4 Å². The summed E-state index contributed by atoms with van der Waals surface area (Å²) in [4.78, 5) is 6.31. The fraction of sp³-hybridized carbons (Fsp3) is 0.462. The van der Waals surface area contributed by atoms with Gasteiger partial charge in [-0.25, -0.2) is 10.8 Å². The van der Waals surface area contributed by atoms with Crippen molar-refractivity contribution >= 4 is 11.6 Å². The van der Waals surface area contributed by atoms with Crippen molar-refractivity contribution in [1.29, 1.82) is 0 Å². The normalized spacial score (nSPS) is 13.0. The standard InChI is InChI=1S/C13H22N4O2/c1-10(9-18-3)15-13(16-14)17(2)11-6-5-7-12(8-11)19-4/h5-8,10H,9,14H2,1-4H3,(H,15,16). The maximum atomic E-state index is 5.53. The molecule has 0 aliphatic rings. The minimum absolute atomic E-state index is 0.0177. The number of nitrogens with two attached hydrogens (primary N) is 1. The quantitative estimate of drug-likeness (QED) is 0.360. The maximum Gasteiger partial charge on any atom is 0.213 e. The summed E-state index contributed by atoms with van der Waals surface area (Å²) in [5, 5.41) is 0.